The summed E-state index contributed by atoms with van der Waals surface area (Å²) in [4.78, 5) is 12.8. The minimum Gasteiger partial charge on any atom is -0.457 e. The summed E-state index contributed by atoms with van der Waals surface area (Å²) in [6.45, 7) is 4.61. The number of rotatable bonds is 41. The van der Waals surface area contributed by atoms with Gasteiger partial charge in [0.2, 0.25) is 0 Å². The summed E-state index contributed by atoms with van der Waals surface area (Å²) in [7, 11) is 0. The van der Waals surface area contributed by atoms with Gasteiger partial charge in [0.15, 0.2) is 6.29 Å². The van der Waals surface area contributed by atoms with Crippen LogP contribution in [0.4, 0.5) is 0 Å². The molecule has 4 N–H and O–H groups in total. The van der Waals surface area contributed by atoms with E-state index in [0.29, 0.717) is 13.0 Å². The molecule has 55 heavy (non-hydrogen) atoms. The second kappa shape index (κ2) is 38.7. The van der Waals surface area contributed by atoms with E-state index >= 15 is 0 Å². The van der Waals surface area contributed by atoms with Crippen molar-refractivity contribution < 1.29 is 44.2 Å². The maximum Gasteiger partial charge on any atom is 0.306 e. The van der Waals surface area contributed by atoms with Crippen LogP contribution in [0, 0.1) is 0 Å². The van der Waals surface area contributed by atoms with E-state index in [4.69, 9.17) is 18.9 Å². The van der Waals surface area contributed by atoms with Gasteiger partial charge < -0.3 is 39.4 Å². The van der Waals surface area contributed by atoms with Gasteiger partial charge in [-0.2, -0.15) is 0 Å². The Bertz CT molecular complexity index is 812. The van der Waals surface area contributed by atoms with Crippen molar-refractivity contribution in [2.45, 2.75) is 263 Å². The Balaban J connectivity index is 2.22. The predicted molar refractivity (Wildman–Crippen MR) is 224 cm³/mol. The lowest BCUT2D eigenvalue weighted by Gasteiger charge is -2.39. The van der Waals surface area contributed by atoms with Gasteiger partial charge in [-0.15, -0.1) is 0 Å². The molecule has 1 rings (SSSR count). The lowest BCUT2D eigenvalue weighted by Crippen LogP contribution is -2.59. The molecule has 1 aliphatic rings. The van der Waals surface area contributed by atoms with Crippen LogP contribution in [0.25, 0.3) is 0 Å². The number of unbranched alkanes of at least 4 members (excludes halogenated alkanes) is 30. The standard InChI is InChI=1S/C46H90O9/c1-3-5-7-9-11-13-15-17-19-20-21-23-25-27-29-31-33-35-42(48)54-40(39-53-46-45(51)44(50)43(49)41(37-47)55-46)38-52-36-34-32-30-28-26-24-22-18-16-14-12-10-8-6-4-2/h40-41,43-47,49-51H,3-39H2,1-2H3. The average molecular weight is 787 g/mol. The van der Waals surface area contributed by atoms with E-state index < -0.39 is 43.4 Å². The molecule has 328 valence electrons. The number of carbonyl (C=O) groups is 1. The summed E-state index contributed by atoms with van der Waals surface area (Å²) in [5.74, 6) is -0.307. The molecular weight excluding hydrogens is 696 g/mol. The molecule has 1 aliphatic heterocycles. The first-order valence-corrected chi connectivity index (χ1v) is 23.6. The zero-order valence-electron chi connectivity index (χ0n) is 36.0. The van der Waals surface area contributed by atoms with Gasteiger partial charge in [-0.05, 0) is 12.8 Å². The van der Waals surface area contributed by atoms with Crippen LogP contribution in [0.1, 0.15) is 226 Å². The predicted octanol–water partition coefficient (Wildman–Crippen LogP) is 10.6. The number of esters is 1. The molecule has 0 spiro atoms. The highest BCUT2D eigenvalue weighted by Crippen LogP contribution is 2.23. The fraction of sp³-hybridized carbons (Fsp3) is 0.978. The van der Waals surface area contributed by atoms with Crippen LogP contribution < -0.4 is 0 Å². The minimum absolute atomic E-state index is 0.105. The summed E-state index contributed by atoms with van der Waals surface area (Å²) in [6, 6.07) is 0. The highest BCUT2D eigenvalue weighted by atomic mass is 16.7. The van der Waals surface area contributed by atoms with Crippen molar-refractivity contribution in [3.63, 3.8) is 0 Å². The van der Waals surface area contributed by atoms with E-state index in [1.165, 1.54) is 173 Å². The van der Waals surface area contributed by atoms with E-state index in [1.807, 2.05) is 0 Å². The van der Waals surface area contributed by atoms with E-state index in [-0.39, 0.29) is 19.2 Å². The van der Waals surface area contributed by atoms with Crippen LogP contribution in [0.2, 0.25) is 0 Å². The summed E-state index contributed by atoms with van der Waals surface area (Å²) < 4.78 is 22.9. The quantitative estimate of drug-likeness (QED) is 0.0353. The Morgan fingerprint density at radius 2 is 0.891 bits per heavy atom. The number of ether oxygens (including phenoxy) is 4. The first kappa shape index (κ1) is 52.2. The smallest absolute Gasteiger partial charge is 0.306 e. The second-order valence-electron chi connectivity index (χ2n) is 16.6. The van der Waals surface area contributed by atoms with Crippen molar-refractivity contribution in [2.75, 3.05) is 26.4 Å². The van der Waals surface area contributed by atoms with Crippen LogP contribution >= 0.6 is 0 Å². The third-order valence-electron chi connectivity index (χ3n) is 11.3. The van der Waals surface area contributed by atoms with Crippen LogP contribution in [-0.4, -0.2) is 89.6 Å². The fourth-order valence-electron chi connectivity index (χ4n) is 7.55. The molecule has 9 heteroatoms. The molecule has 0 amide bonds. The molecule has 0 radical (unpaired) electrons. The summed E-state index contributed by atoms with van der Waals surface area (Å²) >= 11 is 0. The van der Waals surface area contributed by atoms with Crippen molar-refractivity contribution in [2.24, 2.45) is 0 Å². The lowest BCUT2D eigenvalue weighted by molar-refractivity contribution is -0.305. The Morgan fingerprint density at radius 3 is 1.29 bits per heavy atom. The molecule has 0 aromatic carbocycles. The molecule has 1 saturated heterocycles. The average Bonchev–Trinajstić information content (AvgIpc) is 3.18. The van der Waals surface area contributed by atoms with Gasteiger partial charge in [0.1, 0.15) is 30.5 Å². The molecule has 0 aromatic heterocycles. The van der Waals surface area contributed by atoms with Crippen LogP contribution in [0.5, 0.6) is 0 Å². The molecule has 1 fully saturated rings. The van der Waals surface area contributed by atoms with Crippen molar-refractivity contribution in [1.82, 2.24) is 0 Å². The van der Waals surface area contributed by atoms with E-state index in [1.54, 1.807) is 0 Å². The highest BCUT2D eigenvalue weighted by Gasteiger charge is 2.44. The molecule has 0 aromatic rings. The molecule has 6 unspecified atom stereocenters. The molecule has 0 saturated carbocycles. The molecule has 6 atom stereocenters. The Morgan fingerprint density at radius 1 is 0.509 bits per heavy atom. The fourth-order valence-corrected chi connectivity index (χ4v) is 7.55. The SMILES string of the molecule is CCCCCCCCCCCCCCCCCCCC(=O)OC(COCCCCCCCCCCCCCCCCC)COC1OC(CO)C(O)C(O)C1O. The molecule has 0 aliphatic carbocycles. The summed E-state index contributed by atoms with van der Waals surface area (Å²) in [5, 5.41) is 40.1. The van der Waals surface area contributed by atoms with Gasteiger partial charge in [0.05, 0.1) is 19.8 Å². The maximum absolute atomic E-state index is 12.8. The normalized spacial score (nSPS) is 20.6. The zero-order valence-corrected chi connectivity index (χ0v) is 36.0. The zero-order chi connectivity index (χ0) is 40.0. The van der Waals surface area contributed by atoms with Crippen molar-refractivity contribution >= 4 is 5.97 Å². The highest BCUT2D eigenvalue weighted by molar-refractivity contribution is 5.69. The maximum atomic E-state index is 12.8. The van der Waals surface area contributed by atoms with Gasteiger partial charge in [-0.1, -0.05) is 206 Å². The van der Waals surface area contributed by atoms with Crippen LogP contribution in [0.15, 0.2) is 0 Å². The number of aliphatic hydroxyl groups excluding tert-OH is 4. The third kappa shape index (κ3) is 30.0. The van der Waals surface area contributed by atoms with Gasteiger partial charge in [-0.3, -0.25) is 4.79 Å². The largest absolute Gasteiger partial charge is 0.457 e. The summed E-state index contributed by atoms with van der Waals surface area (Å²) in [5.41, 5.74) is 0. The number of hydrogen-bond donors (Lipinski definition) is 4. The van der Waals surface area contributed by atoms with Gasteiger partial charge in [0.25, 0.3) is 0 Å². The van der Waals surface area contributed by atoms with Gasteiger partial charge in [0, 0.05) is 13.0 Å². The molecule has 9 nitrogen and oxygen atoms in total. The van der Waals surface area contributed by atoms with E-state index in [0.717, 1.165) is 32.1 Å². The first-order valence-electron chi connectivity index (χ1n) is 23.6. The lowest BCUT2D eigenvalue weighted by atomic mass is 9.99. The Kier molecular flexibility index (Phi) is 36.7. The third-order valence-corrected chi connectivity index (χ3v) is 11.3. The first-order chi connectivity index (χ1) is 26.9. The van der Waals surface area contributed by atoms with Crippen molar-refractivity contribution in [1.29, 1.82) is 0 Å². The van der Waals surface area contributed by atoms with E-state index in [2.05, 4.69) is 13.8 Å². The van der Waals surface area contributed by atoms with Crippen molar-refractivity contribution in [3.05, 3.63) is 0 Å². The van der Waals surface area contributed by atoms with Crippen LogP contribution in [0.3, 0.4) is 0 Å². The second-order valence-corrected chi connectivity index (χ2v) is 16.6. The topological polar surface area (TPSA) is 135 Å². The molecule has 0 bridgehead atoms. The number of hydrogen-bond acceptors (Lipinski definition) is 9. The monoisotopic (exact) mass is 787 g/mol. The summed E-state index contributed by atoms with van der Waals surface area (Å²) in [6.07, 6.45) is 34.1. The minimum atomic E-state index is -1.53. The van der Waals surface area contributed by atoms with Crippen LogP contribution in [-0.2, 0) is 23.7 Å². The molecular formula is C46H90O9. The number of carbonyl (C=O) groups excluding carboxylic acids is 1. The Hall–Kier alpha value is -0.810. The van der Waals surface area contributed by atoms with Gasteiger partial charge >= 0.3 is 5.97 Å². The Labute approximate surface area is 338 Å². The van der Waals surface area contributed by atoms with E-state index in [9.17, 15) is 25.2 Å². The van der Waals surface area contributed by atoms with Crippen molar-refractivity contribution in [3.8, 4) is 0 Å². The van der Waals surface area contributed by atoms with Gasteiger partial charge in [-0.25, -0.2) is 0 Å². The molecule has 1 heterocycles. The number of aliphatic hydroxyl groups is 4.